The number of benzene rings is 1. The predicted octanol–water partition coefficient (Wildman–Crippen LogP) is 4.22. The van der Waals surface area contributed by atoms with Gasteiger partial charge in [0.2, 0.25) is 0 Å². The first-order valence-electron chi connectivity index (χ1n) is 7.92. The fourth-order valence-electron chi connectivity index (χ4n) is 2.30. The maximum absolute atomic E-state index is 12.3. The lowest BCUT2D eigenvalue weighted by Crippen LogP contribution is -2.14. The SMILES string of the molecule is COc1ccc(C(=O)COC(=O)c2sc(-c3ccccn3)nc2C)cc1Cl. The van der Waals surface area contributed by atoms with Crippen molar-refractivity contribution in [2.45, 2.75) is 6.92 Å². The molecule has 0 bridgehead atoms. The molecule has 0 unspecified atom stereocenters. The van der Waals surface area contributed by atoms with Crippen molar-refractivity contribution in [3.63, 3.8) is 0 Å². The number of ketones is 1. The minimum atomic E-state index is -0.597. The highest BCUT2D eigenvalue weighted by Gasteiger charge is 2.19. The van der Waals surface area contributed by atoms with Crippen LogP contribution < -0.4 is 4.74 Å². The predicted molar refractivity (Wildman–Crippen MR) is 103 cm³/mol. The Morgan fingerprint density at radius 2 is 2.04 bits per heavy atom. The number of halogens is 1. The number of nitrogens with zero attached hydrogens (tertiary/aromatic N) is 2. The first kappa shape index (κ1) is 19.0. The highest BCUT2D eigenvalue weighted by atomic mass is 35.5. The van der Waals surface area contributed by atoms with Crippen LogP contribution in [0.4, 0.5) is 0 Å². The van der Waals surface area contributed by atoms with E-state index in [-0.39, 0.29) is 5.78 Å². The Labute approximate surface area is 164 Å². The third kappa shape index (κ3) is 4.32. The van der Waals surface area contributed by atoms with Crippen LogP contribution in [-0.2, 0) is 4.74 Å². The number of hydrogen-bond donors (Lipinski definition) is 0. The summed E-state index contributed by atoms with van der Waals surface area (Å²) in [5.41, 5.74) is 1.54. The van der Waals surface area contributed by atoms with E-state index >= 15 is 0 Å². The van der Waals surface area contributed by atoms with Crippen molar-refractivity contribution in [1.29, 1.82) is 0 Å². The average molecular weight is 403 g/mol. The van der Waals surface area contributed by atoms with Crippen LogP contribution in [0.25, 0.3) is 10.7 Å². The van der Waals surface area contributed by atoms with E-state index in [0.717, 1.165) is 0 Å². The average Bonchev–Trinajstić information content (AvgIpc) is 3.08. The largest absolute Gasteiger partial charge is 0.495 e. The van der Waals surface area contributed by atoms with Gasteiger partial charge in [-0.2, -0.15) is 0 Å². The Hall–Kier alpha value is -2.77. The Morgan fingerprint density at radius 1 is 1.22 bits per heavy atom. The molecule has 0 spiro atoms. The quantitative estimate of drug-likeness (QED) is 0.454. The van der Waals surface area contributed by atoms with Crippen LogP contribution in [0.3, 0.4) is 0 Å². The first-order chi connectivity index (χ1) is 13.0. The molecule has 0 aliphatic heterocycles. The van der Waals surface area contributed by atoms with Crippen molar-refractivity contribution in [2.24, 2.45) is 0 Å². The van der Waals surface area contributed by atoms with Gasteiger partial charge in [-0.1, -0.05) is 17.7 Å². The Balaban J connectivity index is 1.68. The number of ether oxygens (including phenoxy) is 2. The Bertz CT molecular complexity index is 989. The lowest BCUT2D eigenvalue weighted by molar-refractivity contribution is 0.0478. The van der Waals surface area contributed by atoms with Gasteiger partial charge in [-0.25, -0.2) is 9.78 Å². The van der Waals surface area contributed by atoms with Gasteiger partial charge in [0.05, 0.1) is 23.5 Å². The maximum atomic E-state index is 12.3. The molecule has 0 radical (unpaired) electrons. The molecule has 0 atom stereocenters. The van der Waals surface area contributed by atoms with Crippen LogP contribution in [0.1, 0.15) is 25.7 Å². The fraction of sp³-hybridized carbons (Fsp3) is 0.158. The van der Waals surface area contributed by atoms with Gasteiger partial charge in [-0.05, 0) is 37.3 Å². The van der Waals surface area contributed by atoms with Crippen LogP contribution in [0.2, 0.25) is 5.02 Å². The molecule has 0 N–H and O–H groups in total. The summed E-state index contributed by atoms with van der Waals surface area (Å²) in [7, 11) is 1.49. The highest BCUT2D eigenvalue weighted by molar-refractivity contribution is 7.17. The molecule has 3 aromatic rings. The van der Waals surface area contributed by atoms with Crippen molar-refractivity contribution < 1.29 is 19.1 Å². The molecule has 3 rings (SSSR count). The number of aromatic nitrogens is 2. The van der Waals surface area contributed by atoms with Gasteiger partial charge >= 0.3 is 5.97 Å². The molecule has 0 fully saturated rings. The molecule has 0 saturated heterocycles. The lowest BCUT2D eigenvalue weighted by Gasteiger charge is -2.06. The maximum Gasteiger partial charge on any atom is 0.350 e. The molecule has 0 aliphatic carbocycles. The molecule has 0 amide bonds. The van der Waals surface area contributed by atoms with Crippen LogP contribution >= 0.6 is 22.9 Å². The third-order valence-electron chi connectivity index (χ3n) is 3.67. The molecule has 0 aliphatic rings. The molecule has 2 aromatic heterocycles. The van der Waals surface area contributed by atoms with E-state index in [9.17, 15) is 9.59 Å². The van der Waals surface area contributed by atoms with Crippen molar-refractivity contribution in [3.8, 4) is 16.5 Å². The third-order valence-corrected chi connectivity index (χ3v) is 5.13. The van der Waals surface area contributed by atoms with E-state index in [1.807, 2.05) is 12.1 Å². The number of methoxy groups -OCH3 is 1. The standard InChI is InChI=1S/C19H15ClN2O4S/c1-11-17(27-18(22-11)14-5-3-4-8-21-14)19(24)26-10-15(23)12-6-7-16(25-2)13(20)9-12/h3-9H,10H2,1-2H3. The van der Waals surface area contributed by atoms with Crippen molar-refractivity contribution in [2.75, 3.05) is 13.7 Å². The summed E-state index contributed by atoms with van der Waals surface area (Å²) < 4.78 is 10.2. The van der Waals surface area contributed by atoms with E-state index in [1.54, 1.807) is 31.3 Å². The molecular weight excluding hydrogens is 388 g/mol. The molecule has 6 nitrogen and oxygen atoms in total. The smallest absolute Gasteiger partial charge is 0.350 e. The molecule has 0 saturated carbocycles. The number of pyridine rings is 1. The number of aryl methyl sites for hydroxylation is 1. The van der Waals surface area contributed by atoms with Crippen molar-refractivity contribution in [1.82, 2.24) is 9.97 Å². The number of Topliss-reactive ketones (excluding diaryl/α,β-unsaturated/α-hetero) is 1. The normalized spacial score (nSPS) is 10.5. The van der Waals surface area contributed by atoms with Gasteiger partial charge < -0.3 is 9.47 Å². The van der Waals surface area contributed by atoms with Gasteiger partial charge in [-0.15, -0.1) is 11.3 Å². The van der Waals surface area contributed by atoms with Crippen molar-refractivity contribution >= 4 is 34.7 Å². The molecule has 1 aromatic carbocycles. The van der Waals surface area contributed by atoms with E-state index in [2.05, 4.69) is 9.97 Å². The van der Waals surface area contributed by atoms with Crippen LogP contribution in [0.15, 0.2) is 42.6 Å². The second-order valence-electron chi connectivity index (χ2n) is 5.50. The zero-order valence-corrected chi connectivity index (χ0v) is 16.1. The minimum Gasteiger partial charge on any atom is -0.495 e. The molecule has 2 heterocycles. The monoisotopic (exact) mass is 402 g/mol. The lowest BCUT2D eigenvalue weighted by atomic mass is 10.1. The number of esters is 1. The highest BCUT2D eigenvalue weighted by Crippen LogP contribution is 2.27. The van der Waals surface area contributed by atoms with Crippen LogP contribution in [0.5, 0.6) is 5.75 Å². The fourth-order valence-corrected chi connectivity index (χ4v) is 3.50. The molecule has 27 heavy (non-hydrogen) atoms. The Kier molecular flexibility index (Phi) is 5.83. The summed E-state index contributed by atoms with van der Waals surface area (Å²) in [5.74, 6) is -0.493. The molecular formula is C19H15ClN2O4S. The molecule has 8 heteroatoms. The van der Waals surface area contributed by atoms with Gasteiger partial charge in [-0.3, -0.25) is 9.78 Å². The zero-order chi connectivity index (χ0) is 19.4. The molecule has 138 valence electrons. The summed E-state index contributed by atoms with van der Waals surface area (Å²) in [4.78, 5) is 33.5. The summed E-state index contributed by atoms with van der Waals surface area (Å²) >= 11 is 7.19. The zero-order valence-electron chi connectivity index (χ0n) is 14.6. The summed E-state index contributed by atoms with van der Waals surface area (Å²) in [6.45, 7) is 1.32. The summed E-state index contributed by atoms with van der Waals surface area (Å²) in [6.07, 6.45) is 1.66. The topological polar surface area (TPSA) is 78.4 Å². The minimum absolute atomic E-state index is 0.313. The van der Waals surface area contributed by atoms with Gasteiger partial charge in [0.1, 0.15) is 15.6 Å². The van der Waals surface area contributed by atoms with E-state index in [1.165, 1.54) is 24.5 Å². The number of thiazole rings is 1. The number of carbonyl (C=O) groups is 2. The van der Waals surface area contributed by atoms with E-state index in [0.29, 0.717) is 37.6 Å². The van der Waals surface area contributed by atoms with Gasteiger partial charge in [0, 0.05) is 11.8 Å². The summed E-state index contributed by atoms with van der Waals surface area (Å²) in [6, 6.07) is 10.1. The number of hydrogen-bond acceptors (Lipinski definition) is 7. The number of carbonyl (C=O) groups excluding carboxylic acids is 2. The van der Waals surface area contributed by atoms with E-state index in [4.69, 9.17) is 21.1 Å². The first-order valence-corrected chi connectivity index (χ1v) is 9.11. The summed E-state index contributed by atoms with van der Waals surface area (Å²) in [5, 5.41) is 0.932. The number of rotatable bonds is 6. The second-order valence-corrected chi connectivity index (χ2v) is 6.90. The van der Waals surface area contributed by atoms with Crippen LogP contribution in [-0.4, -0.2) is 35.4 Å². The van der Waals surface area contributed by atoms with Crippen LogP contribution in [0, 0.1) is 6.92 Å². The Morgan fingerprint density at radius 3 is 2.70 bits per heavy atom. The second kappa shape index (κ2) is 8.28. The van der Waals surface area contributed by atoms with Gasteiger partial charge in [0.25, 0.3) is 0 Å². The van der Waals surface area contributed by atoms with E-state index < -0.39 is 12.6 Å². The van der Waals surface area contributed by atoms with Gasteiger partial charge in [0.15, 0.2) is 12.4 Å². The van der Waals surface area contributed by atoms with Crippen molar-refractivity contribution in [3.05, 3.63) is 63.8 Å².